The summed E-state index contributed by atoms with van der Waals surface area (Å²) in [6, 6.07) is 0. The lowest BCUT2D eigenvalue weighted by molar-refractivity contribution is 0.516. The van der Waals surface area contributed by atoms with E-state index in [2.05, 4.69) is 29.8 Å². The Morgan fingerprint density at radius 3 is 2.75 bits per heavy atom. The fourth-order valence-electron chi connectivity index (χ4n) is 2.64. The van der Waals surface area contributed by atoms with Gasteiger partial charge in [0.1, 0.15) is 11.3 Å². The molecule has 0 aliphatic rings. The average molecular weight is 315 g/mol. The van der Waals surface area contributed by atoms with E-state index < -0.39 is 0 Å². The van der Waals surface area contributed by atoms with E-state index in [1.807, 2.05) is 23.5 Å². The Morgan fingerprint density at radius 2 is 2.15 bits per heavy atom. The molecule has 0 spiro atoms. The molecule has 2 heterocycles. The number of thioether (sulfide) groups is 1. The quantitative estimate of drug-likeness (QED) is 0.737. The molecule has 0 aliphatic heterocycles. The van der Waals surface area contributed by atoms with Crippen molar-refractivity contribution in [2.45, 2.75) is 33.2 Å². The number of nitrogens with zero attached hydrogens (tertiary/aromatic N) is 4. The highest BCUT2D eigenvalue weighted by Crippen LogP contribution is 2.22. The number of rotatable bonds is 7. The number of hydrogen-bond acceptors (Lipinski definition) is 3. The maximum Gasteiger partial charge on any atom is 0.158 e. The molecule has 6 heteroatoms. The summed E-state index contributed by atoms with van der Waals surface area (Å²) in [5.74, 6) is 3.45. The summed E-state index contributed by atoms with van der Waals surface area (Å²) in [6.07, 6.45) is 3.87. The number of hydrogen-bond donors (Lipinski definition) is 0. The van der Waals surface area contributed by atoms with Crippen molar-refractivity contribution in [3.05, 3.63) is 11.5 Å². The first-order valence-corrected chi connectivity index (χ1v) is 9.01. The largest absolute Gasteiger partial charge is 0.313 e. The number of aromatic nitrogens is 4. The normalized spacial score (nSPS) is 13.2. The molecule has 2 rings (SSSR count). The van der Waals surface area contributed by atoms with Crippen LogP contribution in [0.2, 0.25) is 0 Å². The van der Waals surface area contributed by atoms with E-state index in [0.29, 0.717) is 11.8 Å². The van der Waals surface area contributed by atoms with Crippen LogP contribution in [0.4, 0.5) is 0 Å². The van der Waals surface area contributed by atoms with Crippen molar-refractivity contribution in [2.24, 2.45) is 13.0 Å². The second-order valence-electron chi connectivity index (χ2n) is 5.23. The van der Waals surface area contributed by atoms with Crippen molar-refractivity contribution in [2.75, 3.05) is 17.9 Å². The lowest BCUT2D eigenvalue weighted by Crippen LogP contribution is -2.15. The van der Waals surface area contributed by atoms with Gasteiger partial charge in [0, 0.05) is 25.9 Å². The summed E-state index contributed by atoms with van der Waals surface area (Å²) in [5, 5.41) is 4.58. The topological polar surface area (TPSA) is 35.6 Å². The minimum Gasteiger partial charge on any atom is -0.313 e. The molecule has 0 radical (unpaired) electrons. The minimum absolute atomic E-state index is 0.606. The Bertz CT molecular complexity index is 575. The third-order valence-corrected chi connectivity index (χ3v) is 4.56. The first-order chi connectivity index (χ1) is 9.62. The lowest BCUT2D eigenvalue weighted by Gasteiger charge is -2.14. The number of halogens is 1. The van der Waals surface area contributed by atoms with E-state index in [1.165, 1.54) is 0 Å². The van der Waals surface area contributed by atoms with Crippen LogP contribution in [-0.2, 0) is 26.4 Å². The molecule has 1 atom stereocenters. The Kier molecular flexibility index (Phi) is 5.38. The van der Waals surface area contributed by atoms with E-state index in [9.17, 15) is 0 Å². The van der Waals surface area contributed by atoms with E-state index in [1.54, 1.807) is 0 Å². The SMILES string of the molecule is CCc1nn(C)c2c1nc(CCCl)n2CC(C)CSC. The smallest absolute Gasteiger partial charge is 0.158 e. The highest BCUT2D eigenvalue weighted by Gasteiger charge is 2.19. The third kappa shape index (κ3) is 2.98. The molecule has 20 heavy (non-hydrogen) atoms. The number of imidazole rings is 1. The van der Waals surface area contributed by atoms with Crippen LogP contribution < -0.4 is 0 Å². The molecule has 112 valence electrons. The predicted octanol–water partition coefficient (Wildman–Crippen LogP) is 3.11. The summed E-state index contributed by atoms with van der Waals surface area (Å²) < 4.78 is 4.27. The summed E-state index contributed by atoms with van der Waals surface area (Å²) in [5.41, 5.74) is 3.26. The number of fused-ring (bicyclic) bond motifs is 1. The molecule has 4 nitrogen and oxygen atoms in total. The van der Waals surface area contributed by atoms with E-state index in [4.69, 9.17) is 16.6 Å². The summed E-state index contributed by atoms with van der Waals surface area (Å²) in [6.45, 7) is 5.38. The first-order valence-electron chi connectivity index (χ1n) is 7.08. The van der Waals surface area contributed by atoms with Crippen LogP contribution in [0.25, 0.3) is 11.2 Å². The van der Waals surface area contributed by atoms with Crippen LogP contribution in [0.5, 0.6) is 0 Å². The molecule has 0 aromatic carbocycles. The minimum atomic E-state index is 0.606. The summed E-state index contributed by atoms with van der Waals surface area (Å²) in [4.78, 5) is 4.80. The van der Waals surface area contributed by atoms with Gasteiger partial charge in [0.15, 0.2) is 5.65 Å². The van der Waals surface area contributed by atoms with Gasteiger partial charge in [-0.05, 0) is 24.3 Å². The second kappa shape index (κ2) is 6.85. The summed E-state index contributed by atoms with van der Waals surface area (Å²) in [7, 11) is 2.00. The average Bonchev–Trinajstić information content (AvgIpc) is 2.90. The lowest BCUT2D eigenvalue weighted by atomic mass is 10.2. The fourth-order valence-corrected chi connectivity index (χ4v) is 3.48. The molecule has 0 N–H and O–H groups in total. The second-order valence-corrected chi connectivity index (χ2v) is 6.52. The highest BCUT2D eigenvalue weighted by molar-refractivity contribution is 7.98. The van der Waals surface area contributed by atoms with Crippen molar-refractivity contribution < 1.29 is 0 Å². The van der Waals surface area contributed by atoms with Crippen molar-refractivity contribution >= 4 is 34.5 Å². The Hall–Kier alpha value is -0.680. The number of aryl methyl sites for hydroxylation is 3. The van der Waals surface area contributed by atoms with Gasteiger partial charge in [0.25, 0.3) is 0 Å². The molecular weight excluding hydrogens is 292 g/mol. The molecule has 0 saturated heterocycles. The number of alkyl halides is 1. The van der Waals surface area contributed by atoms with Gasteiger partial charge in [-0.25, -0.2) is 4.98 Å². The van der Waals surface area contributed by atoms with Gasteiger partial charge in [-0.2, -0.15) is 16.9 Å². The maximum atomic E-state index is 5.93. The maximum absolute atomic E-state index is 5.93. The Balaban J connectivity index is 2.47. The predicted molar refractivity (Wildman–Crippen MR) is 87.8 cm³/mol. The molecule has 0 bridgehead atoms. The molecule has 2 aromatic heterocycles. The van der Waals surface area contributed by atoms with Crippen LogP contribution in [0, 0.1) is 5.92 Å². The molecule has 0 fully saturated rings. The van der Waals surface area contributed by atoms with Gasteiger partial charge in [0.2, 0.25) is 0 Å². The zero-order valence-electron chi connectivity index (χ0n) is 12.7. The fraction of sp³-hybridized carbons (Fsp3) is 0.714. The Labute approximate surface area is 129 Å². The van der Waals surface area contributed by atoms with Gasteiger partial charge in [-0.1, -0.05) is 13.8 Å². The van der Waals surface area contributed by atoms with Crippen LogP contribution in [0.1, 0.15) is 25.4 Å². The van der Waals surface area contributed by atoms with Crippen molar-refractivity contribution in [3.8, 4) is 0 Å². The van der Waals surface area contributed by atoms with Gasteiger partial charge in [0.05, 0.1) is 5.69 Å². The van der Waals surface area contributed by atoms with Crippen molar-refractivity contribution in [1.82, 2.24) is 19.3 Å². The molecule has 2 aromatic rings. The van der Waals surface area contributed by atoms with Gasteiger partial charge >= 0.3 is 0 Å². The molecular formula is C14H23ClN4S. The molecule has 0 amide bonds. The van der Waals surface area contributed by atoms with Crippen LogP contribution in [-0.4, -0.2) is 37.2 Å². The van der Waals surface area contributed by atoms with E-state index in [0.717, 1.165) is 47.8 Å². The van der Waals surface area contributed by atoms with Crippen molar-refractivity contribution in [1.29, 1.82) is 0 Å². The monoisotopic (exact) mass is 314 g/mol. The van der Waals surface area contributed by atoms with Gasteiger partial charge in [-0.3, -0.25) is 4.68 Å². The van der Waals surface area contributed by atoms with Crippen LogP contribution in [0.3, 0.4) is 0 Å². The third-order valence-electron chi connectivity index (χ3n) is 3.47. The molecule has 0 saturated carbocycles. The van der Waals surface area contributed by atoms with Gasteiger partial charge in [-0.15, -0.1) is 11.6 Å². The highest BCUT2D eigenvalue weighted by atomic mass is 35.5. The summed E-state index contributed by atoms with van der Waals surface area (Å²) >= 11 is 7.82. The first kappa shape index (κ1) is 15.7. The van der Waals surface area contributed by atoms with Gasteiger partial charge < -0.3 is 4.57 Å². The molecule has 1 unspecified atom stereocenters. The zero-order chi connectivity index (χ0) is 14.7. The van der Waals surface area contributed by atoms with Crippen LogP contribution >= 0.6 is 23.4 Å². The van der Waals surface area contributed by atoms with Crippen molar-refractivity contribution in [3.63, 3.8) is 0 Å². The zero-order valence-corrected chi connectivity index (χ0v) is 14.3. The van der Waals surface area contributed by atoms with E-state index in [-0.39, 0.29) is 0 Å². The molecule has 0 aliphatic carbocycles. The Morgan fingerprint density at radius 1 is 1.40 bits per heavy atom. The van der Waals surface area contributed by atoms with Crippen LogP contribution in [0.15, 0.2) is 0 Å². The standard InChI is InChI=1S/C14H23ClN4S/c1-5-11-13-14(18(3)17-11)19(8-10(2)9-20-4)12(16-13)6-7-15/h10H,5-9H2,1-4H3. The van der Waals surface area contributed by atoms with E-state index >= 15 is 0 Å².